The van der Waals surface area contributed by atoms with Crippen molar-refractivity contribution in [3.05, 3.63) is 29.8 Å². The van der Waals surface area contributed by atoms with E-state index in [-0.39, 0.29) is 0 Å². The summed E-state index contributed by atoms with van der Waals surface area (Å²) in [6.45, 7) is 2.91. The van der Waals surface area contributed by atoms with Gasteiger partial charge in [0.15, 0.2) is 0 Å². The number of nitrogens with zero attached hydrogens (tertiary/aromatic N) is 1. The number of anilines is 1. The molecule has 2 N–H and O–H groups in total. The maximum Gasteiger partial charge on any atom is 0.394 e. The van der Waals surface area contributed by atoms with Crippen LogP contribution in [0.5, 0.6) is 0 Å². The number of carboxylic acids is 1. The van der Waals surface area contributed by atoms with Crippen molar-refractivity contribution in [1.29, 1.82) is 0 Å². The summed E-state index contributed by atoms with van der Waals surface area (Å²) in [6.07, 6.45) is -4.66. The Hall–Kier alpha value is -2.25. The Bertz CT molecular complexity index is 614. The van der Waals surface area contributed by atoms with E-state index in [1.165, 1.54) is 0 Å². The summed E-state index contributed by atoms with van der Waals surface area (Å²) < 4.78 is 38.8. The van der Waals surface area contributed by atoms with Crippen LogP contribution in [0, 0.1) is 11.8 Å². The Kier molecular flexibility index (Phi) is 5.05. The third-order valence-corrected chi connectivity index (χ3v) is 4.17. The highest BCUT2D eigenvalue weighted by Gasteiger charge is 2.53. The molecular weight excluding hydrogens is 325 g/mol. The van der Waals surface area contributed by atoms with Crippen LogP contribution in [0.25, 0.3) is 0 Å². The Morgan fingerprint density at radius 2 is 1.79 bits per heavy atom. The van der Waals surface area contributed by atoms with Crippen LogP contribution in [0.4, 0.5) is 23.7 Å². The van der Waals surface area contributed by atoms with Crippen LogP contribution >= 0.6 is 0 Å². The molecule has 132 valence electrons. The third kappa shape index (κ3) is 3.98. The van der Waals surface area contributed by atoms with E-state index in [1.807, 2.05) is 26.0 Å². The average molecular weight is 344 g/mol. The second-order valence-corrected chi connectivity index (χ2v) is 6.20. The summed E-state index contributed by atoms with van der Waals surface area (Å²) in [5, 5.41) is 11.5. The van der Waals surface area contributed by atoms with E-state index in [1.54, 1.807) is 12.1 Å². The molecule has 24 heavy (non-hydrogen) atoms. The number of carboxylic acid groups (broad SMARTS) is 1. The van der Waals surface area contributed by atoms with Gasteiger partial charge in [0.05, 0.1) is 11.8 Å². The number of aliphatic carboxylic acids is 1. The van der Waals surface area contributed by atoms with Gasteiger partial charge < -0.3 is 15.3 Å². The van der Waals surface area contributed by atoms with Gasteiger partial charge in [-0.25, -0.2) is 4.79 Å². The number of carbonyl (C=O) groups is 2. The maximum atomic E-state index is 12.9. The molecule has 0 aromatic heterocycles. The number of hydrogen-bond acceptors (Lipinski definition) is 2. The predicted molar refractivity (Wildman–Crippen MR) is 81.8 cm³/mol. The fourth-order valence-electron chi connectivity index (χ4n) is 2.71. The summed E-state index contributed by atoms with van der Waals surface area (Å²) in [5.74, 6) is -4.92. The summed E-state index contributed by atoms with van der Waals surface area (Å²) in [7, 11) is 0. The molecule has 1 aliphatic heterocycles. The molecule has 0 unspecified atom stereocenters. The molecule has 2 rings (SSSR count). The van der Waals surface area contributed by atoms with Crippen LogP contribution in [-0.4, -0.2) is 41.3 Å². The zero-order valence-corrected chi connectivity index (χ0v) is 13.3. The first-order valence-electron chi connectivity index (χ1n) is 7.55. The predicted octanol–water partition coefficient (Wildman–Crippen LogP) is 3.54. The van der Waals surface area contributed by atoms with E-state index in [2.05, 4.69) is 5.32 Å². The third-order valence-electron chi connectivity index (χ3n) is 4.17. The number of amides is 2. The summed E-state index contributed by atoms with van der Waals surface area (Å²) in [6, 6.07) is 6.25. The number of hydrogen-bond donors (Lipinski definition) is 2. The van der Waals surface area contributed by atoms with Gasteiger partial charge in [-0.2, -0.15) is 13.2 Å². The minimum absolute atomic E-state index is 0.317. The van der Waals surface area contributed by atoms with Gasteiger partial charge in [0.1, 0.15) is 0 Å². The molecule has 0 radical (unpaired) electrons. The highest BCUT2D eigenvalue weighted by Crippen LogP contribution is 2.37. The van der Waals surface area contributed by atoms with Gasteiger partial charge in [0.25, 0.3) is 0 Å². The van der Waals surface area contributed by atoms with Gasteiger partial charge in [0, 0.05) is 18.8 Å². The summed E-state index contributed by atoms with van der Waals surface area (Å²) in [5.41, 5.74) is 1.52. The molecule has 0 saturated carbocycles. The number of urea groups is 1. The van der Waals surface area contributed by atoms with Gasteiger partial charge in [0.2, 0.25) is 0 Å². The quantitative estimate of drug-likeness (QED) is 0.881. The molecule has 0 spiro atoms. The first-order chi connectivity index (χ1) is 11.1. The highest BCUT2D eigenvalue weighted by atomic mass is 19.4. The molecule has 1 saturated heterocycles. The van der Waals surface area contributed by atoms with Crippen LogP contribution < -0.4 is 5.32 Å². The van der Waals surface area contributed by atoms with Crippen molar-refractivity contribution in [2.24, 2.45) is 11.8 Å². The number of likely N-dealkylation sites (tertiary alicyclic amines) is 1. The average Bonchev–Trinajstić information content (AvgIpc) is 2.93. The van der Waals surface area contributed by atoms with E-state index >= 15 is 0 Å². The second-order valence-electron chi connectivity index (χ2n) is 6.20. The second kappa shape index (κ2) is 6.70. The van der Waals surface area contributed by atoms with E-state index < -0.39 is 43.1 Å². The Morgan fingerprint density at radius 1 is 1.21 bits per heavy atom. The van der Waals surface area contributed by atoms with Crippen molar-refractivity contribution in [1.82, 2.24) is 4.90 Å². The van der Waals surface area contributed by atoms with Crippen LogP contribution in [-0.2, 0) is 4.79 Å². The molecule has 1 aromatic carbocycles. The zero-order valence-electron chi connectivity index (χ0n) is 13.3. The SMILES string of the molecule is CC(C)c1ccc(NC(=O)N2C[C@@H](C(F)(F)F)[C@H](C(=O)O)C2)cc1. The van der Waals surface area contributed by atoms with E-state index in [4.69, 9.17) is 5.11 Å². The Morgan fingerprint density at radius 3 is 2.21 bits per heavy atom. The van der Waals surface area contributed by atoms with Gasteiger partial charge in [-0.1, -0.05) is 26.0 Å². The molecule has 0 bridgehead atoms. The lowest BCUT2D eigenvalue weighted by Crippen LogP contribution is -2.35. The lowest BCUT2D eigenvalue weighted by Gasteiger charge is -2.19. The lowest BCUT2D eigenvalue weighted by atomic mass is 9.96. The van der Waals surface area contributed by atoms with Gasteiger partial charge in [-0.3, -0.25) is 4.79 Å². The molecule has 2 atom stereocenters. The Labute approximate surface area is 137 Å². The van der Waals surface area contributed by atoms with Crippen molar-refractivity contribution in [3.63, 3.8) is 0 Å². The maximum absolute atomic E-state index is 12.9. The summed E-state index contributed by atoms with van der Waals surface area (Å²) >= 11 is 0. The summed E-state index contributed by atoms with van der Waals surface area (Å²) in [4.78, 5) is 24.1. The topological polar surface area (TPSA) is 69.6 Å². The van der Waals surface area contributed by atoms with Gasteiger partial charge in [-0.15, -0.1) is 0 Å². The number of alkyl halides is 3. The highest BCUT2D eigenvalue weighted by molar-refractivity contribution is 5.90. The first kappa shape index (κ1) is 18.1. The normalized spacial score (nSPS) is 21.2. The van der Waals surface area contributed by atoms with Crippen molar-refractivity contribution in [3.8, 4) is 0 Å². The number of carbonyl (C=O) groups excluding carboxylic acids is 1. The zero-order chi connectivity index (χ0) is 18.1. The van der Waals surface area contributed by atoms with E-state index in [0.29, 0.717) is 11.6 Å². The minimum atomic E-state index is -4.66. The van der Waals surface area contributed by atoms with Crippen LogP contribution in [0.1, 0.15) is 25.3 Å². The van der Waals surface area contributed by atoms with E-state index in [0.717, 1.165) is 10.5 Å². The fourth-order valence-corrected chi connectivity index (χ4v) is 2.71. The van der Waals surface area contributed by atoms with Crippen molar-refractivity contribution < 1.29 is 27.9 Å². The minimum Gasteiger partial charge on any atom is -0.481 e. The number of halogens is 3. The molecule has 8 heteroatoms. The monoisotopic (exact) mass is 344 g/mol. The Balaban J connectivity index is 2.06. The molecule has 1 aromatic rings. The van der Waals surface area contributed by atoms with Gasteiger partial charge in [-0.05, 0) is 23.6 Å². The van der Waals surface area contributed by atoms with Crippen LogP contribution in [0.15, 0.2) is 24.3 Å². The largest absolute Gasteiger partial charge is 0.481 e. The van der Waals surface area contributed by atoms with Crippen molar-refractivity contribution in [2.45, 2.75) is 25.9 Å². The number of rotatable bonds is 3. The first-order valence-corrected chi connectivity index (χ1v) is 7.55. The molecule has 1 aliphatic rings. The molecule has 1 fully saturated rings. The van der Waals surface area contributed by atoms with Crippen molar-refractivity contribution >= 4 is 17.7 Å². The molecule has 1 heterocycles. The van der Waals surface area contributed by atoms with E-state index in [9.17, 15) is 22.8 Å². The molecule has 5 nitrogen and oxygen atoms in total. The fraction of sp³-hybridized carbons (Fsp3) is 0.500. The number of benzene rings is 1. The van der Waals surface area contributed by atoms with Crippen molar-refractivity contribution in [2.75, 3.05) is 18.4 Å². The molecule has 0 aliphatic carbocycles. The standard InChI is InChI=1S/C16H19F3N2O3/c1-9(2)10-3-5-11(6-4-10)20-15(24)21-7-12(14(22)23)13(8-21)16(17,18)19/h3-6,9,12-13H,7-8H2,1-2H3,(H,20,24)(H,22,23)/t12-,13-/m1/s1. The van der Waals surface area contributed by atoms with Gasteiger partial charge >= 0.3 is 18.2 Å². The van der Waals surface area contributed by atoms with Crippen LogP contribution in [0.2, 0.25) is 0 Å². The number of nitrogens with one attached hydrogen (secondary N) is 1. The molecule has 2 amide bonds. The van der Waals surface area contributed by atoms with Crippen LogP contribution in [0.3, 0.4) is 0 Å². The smallest absolute Gasteiger partial charge is 0.394 e. The lowest BCUT2D eigenvalue weighted by molar-refractivity contribution is -0.187. The molecular formula is C16H19F3N2O3.